The number of aliphatic carboxylic acids is 2. The quantitative estimate of drug-likeness (QED) is 0.0949. The molecule has 1 heterocycles. The standard InChI is InChI=1S/C26H37N7O8/c27-10-2-1-3-18(28)23(37)32-21(12-16-13-29-14-30-16)25(39)33-20(11-15-4-6-17(34)7-5-15)24(38)31-19(26(40)41)8-9-22(35)36/h4-7,13-14,18-21,34H,1-3,8-12,27-28H2,(H,29,30)(H,31,38)(H,32,37)(H,33,39)(H,35,36)(H,40,41). The Labute approximate surface area is 236 Å². The van der Waals surface area contributed by atoms with E-state index in [9.17, 15) is 34.2 Å². The monoisotopic (exact) mass is 575 g/mol. The summed E-state index contributed by atoms with van der Waals surface area (Å²) in [6, 6.07) is 0.874. The average Bonchev–Trinajstić information content (AvgIpc) is 3.44. The second-order valence-corrected chi connectivity index (χ2v) is 9.50. The number of nitrogens with zero attached hydrogens (tertiary/aromatic N) is 1. The van der Waals surface area contributed by atoms with Crippen LogP contribution in [0.25, 0.3) is 0 Å². The number of H-pyrrole nitrogens is 1. The van der Waals surface area contributed by atoms with Gasteiger partial charge in [-0.25, -0.2) is 9.78 Å². The molecule has 0 fully saturated rings. The number of benzene rings is 1. The molecule has 1 aromatic heterocycles. The highest BCUT2D eigenvalue weighted by Gasteiger charge is 2.31. The van der Waals surface area contributed by atoms with Crippen LogP contribution in [0.15, 0.2) is 36.8 Å². The predicted molar refractivity (Wildman–Crippen MR) is 145 cm³/mol. The van der Waals surface area contributed by atoms with Gasteiger partial charge in [0.2, 0.25) is 17.7 Å². The van der Waals surface area contributed by atoms with Crippen LogP contribution in [-0.4, -0.2) is 85.7 Å². The number of aromatic amines is 1. The summed E-state index contributed by atoms with van der Waals surface area (Å²) in [6.07, 6.45) is 3.50. The Balaban J connectivity index is 2.26. The van der Waals surface area contributed by atoms with Gasteiger partial charge in [-0.1, -0.05) is 18.6 Å². The second kappa shape index (κ2) is 16.6. The van der Waals surface area contributed by atoms with Crippen molar-refractivity contribution in [3.63, 3.8) is 0 Å². The van der Waals surface area contributed by atoms with E-state index in [1.54, 1.807) is 0 Å². The minimum absolute atomic E-state index is 0.0169. The van der Waals surface area contributed by atoms with E-state index in [-0.39, 0.29) is 25.0 Å². The molecule has 224 valence electrons. The zero-order valence-corrected chi connectivity index (χ0v) is 22.4. The van der Waals surface area contributed by atoms with Gasteiger partial charge in [0.1, 0.15) is 23.9 Å². The molecule has 3 amide bonds. The van der Waals surface area contributed by atoms with Crippen molar-refractivity contribution in [3.05, 3.63) is 48.0 Å². The maximum Gasteiger partial charge on any atom is 0.326 e. The summed E-state index contributed by atoms with van der Waals surface area (Å²) < 4.78 is 0. The summed E-state index contributed by atoms with van der Waals surface area (Å²) in [6.45, 7) is 0.447. The number of imidazole rings is 1. The van der Waals surface area contributed by atoms with E-state index in [2.05, 4.69) is 25.9 Å². The Kier molecular flexibility index (Phi) is 13.2. The van der Waals surface area contributed by atoms with Gasteiger partial charge in [-0.2, -0.15) is 0 Å². The number of aromatic hydroxyl groups is 1. The van der Waals surface area contributed by atoms with Gasteiger partial charge in [-0.15, -0.1) is 0 Å². The van der Waals surface area contributed by atoms with Gasteiger partial charge >= 0.3 is 11.9 Å². The Bertz CT molecular complexity index is 1160. The number of unbranched alkanes of at least 4 members (excludes halogenated alkanes) is 1. The molecule has 11 N–H and O–H groups in total. The fourth-order valence-corrected chi connectivity index (χ4v) is 3.89. The predicted octanol–water partition coefficient (Wildman–Crippen LogP) is -1.24. The number of carboxylic acid groups (broad SMARTS) is 2. The second-order valence-electron chi connectivity index (χ2n) is 9.50. The molecule has 0 aliphatic heterocycles. The Morgan fingerprint density at radius 1 is 0.854 bits per heavy atom. The van der Waals surface area contributed by atoms with Crippen LogP contribution in [0.5, 0.6) is 5.75 Å². The van der Waals surface area contributed by atoms with E-state index in [0.717, 1.165) is 0 Å². The Morgan fingerprint density at radius 3 is 2.02 bits per heavy atom. The van der Waals surface area contributed by atoms with Crippen molar-refractivity contribution in [2.75, 3.05) is 6.54 Å². The highest BCUT2D eigenvalue weighted by molar-refractivity contribution is 5.94. The van der Waals surface area contributed by atoms with E-state index in [4.69, 9.17) is 16.6 Å². The molecule has 0 spiro atoms. The highest BCUT2D eigenvalue weighted by Crippen LogP contribution is 2.12. The van der Waals surface area contributed by atoms with Gasteiger partial charge in [0, 0.05) is 31.2 Å². The third kappa shape index (κ3) is 11.6. The summed E-state index contributed by atoms with van der Waals surface area (Å²) in [7, 11) is 0. The molecule has 0 aliphatic rings. The number of amides is 3. The van der Waals surface area contributed by atoms with Crippen molar-refractivity contribution >= 4 is 29.7 Å². The number of nitrogens with two attached hydrogens (primary N) is 2. The van der Waals surface area contributed by atoms with Crippen LogP contribution in [0.3, 0.4) is 0 Å². The number of carbonyl (C=O) groups is 5. The summed E-state index contributed by atoms with van der Waals surface area (Å²) in [4.78, 5) is 68.8. The molecule has 15 nitrogen and oxygen atoms in total. The number of carboxylic acids is 2. The lowest BCUT2D eigenvalue weighted by molar-refractivity contribution is -0.143. The normalized spacial score (nSPS) is 13.8. The number of aromatic nitrogens is 2. The zero-order valence-electron chi connectivity index (χ0n) is 22.4. The number of phenols is 1. The first-order valence-electron chi connectivity index (χ1n) is 13.1. The first-order chi connectivity index (χ1) is 19.5. The minimum atomic E-state index is -1.52. The molecule has 4 atom stereocenters. The lowest BCUT2D eigenvalue weighted by atomic mass is 10.0. The lowest BCUT2D eigenvalue weighted by Gasteiger charge is -2.25. The first kappa shape index (κ1) is 32.7. The maximum atomic E-state index is 13.5. The van der Waals surface area contributed by atoms with Crippen LogP contribution in [0.1, 0.15) is 43.4 Å². The van der Waals surface area contributed by atoms with Crippen molar-refractivity contribution in [1.82, 2.24) is 25.9 Å². The first-order valence-corrected chi connectivity index (χ1v) is 13.1. The number of rotatable bonds is 18. The zero-order chi connectivity index (χ0) is 30.4. The van der Waals surface area contributed by atoms with Crippen LogP contribution in [0.4, 0.5) is 0 Å². The van der Waals surface area contributed by atoms with Gasteiger partial charge < -0.3 is 47.7 Å². The molecule has 41 heavy (non-hydrogen) atoms. The molecule has 0 radical (unpaired) electrons. The van der Waals surface area contributed by atoms with E-state index in [0.29, 0.717) is 37.1 Å². The number of hydrogen-bond acceptors (Lipinski definition) is 9. The summed E-state index contributed by atoms with van der Waals surface area (Å²) in [5, 5.41) is 35.5. The van der Waals surface area contributed by atoms with Crippen LogP contribution >= 0.6 is 0 Å². The van der Waals surface area contributed by atoms with Gasteiger partial charge in [-0.3, -0.25) is 19.2 Å². The van der Waals surface area contributed by atoms with E-state index in [1.807, 2.05) is 0 Å². The maximum absolute atomic E-state index is 13.5. The average molecular weight is 576 g/mol. The molecular weight excluding hydrogens is 538 g/mol. The van der Waals surface area contributed by atoms with E-state index < -0.39 is 60.2 Å². The smallest absolute Gasteiger partial charge is 0.326 e. The van der Waals surface area contributed by atoms with Crippen molar-refractivity contribution in [3.8, 4) is 5.75 Å². The Morgan fingerprint density at radius 2 is 1.46 bits per heavy atom. The largest absolute Gasteiger partial charge is 0.508 e. The topological polar surface area (TPSA) is 263 Å². The SMILES string of the molecule is NCCCCC(N)C(=O)NC(Cc1cnc[nH]1)C(=O)NC(Cc1ccc(O)cc1)C(=O)NC(CCC(=O)O)C(=O)O. The lowest BCUT2D eigenvalue weighted by Crippen LogP contribution is -2.58. The molecule has 0 saturated heterocycles. The molecule has 15 heteroatoms. The highest BCUT2D eigenvalue weighted by atomic mass is 16.4. The third-order valence-corrected chi connectivity index (χ3v) is 6.19. The van der Waals surface area contributed by atoms with Crippen LogP contribution in [0, 0.1) is 0 Å². The van der Waals surface area contributed by atoms with Gasteiger partial charge in [0.15, 0.2) is 0 Å². The minimum Gasteiger partial charge on any atom is -0.508 e. The molecule has 2 rings (SSSR count). The van der Waals surface area contributed by atoms with Crippen LogP contribution in [0.2, 0.25) is 0 Å². The van der Waals surface area contributed by atoms with Gasteiger partial charge in [0.25, 0.3) is 0 Å². The van der Waals surface area contributed by atoms with E-state index in [1.165, 1.54) is 36.8 Å². The summed E-state index contributed by atoms with van der Waals surface area (Å²) >= 11 is 0. The van der Waals surface area contributed by atoms with Gasteiger partial charge in [0.05, 0.1) is 12.4 Å². The van der Waals surface area contributed by atoms with Crippen LogP contribution < -0.4 is 27.4 Å². The fourth-order valence-electron chi connectivity index (χ4n) is 3.89. The molecule has 0 bridgehead atoms. The molecule has 1 aromatic carbocycles. The molecular formula is C26H37N7O8. The number of phenolic OH excluding ortho intramolecular Hbond substituents is 1. The molecule has 0 aliphatic carbocycles. The van der Waals surface area contributed by atoms with E-state index >= 15 is 0 Å². The number of hydrogen-bond donors (Lipinski definition) is 9. The Hall–Kier alpha value is -4.50. The van der Waals surface area contributed by atoms with Crippen molar-refractivity contribution in [2.24, 2.45) is 11.5 Å². The summed E-state index contributed by atoms with van der Waals surface area (Å²) in [5.41, 5.74) is 12.5. The number of carbonyl (C=O) groups excluding carboxylic acids is 3. The van der Waals surface area contributed by atoms with Gasteiger partial charge in [-0.05, 0) is 43.5 Å². The van der Waals surface area contributed by atoms with Crippen LogP contribution in [-0.2, 0) is 36.8 Å². The fraction of sp³-hybridized carbons (Fsp3) is 0.462. The third-order valence-electron chi connectivity index (χ3n) is 6.19. The molecule has 4 unspecified atom stereocenters. The van der Waals surface area contributed by atoms with Crippen molar-refractivity contribution < 1.29 is 39.3 Å². The number of nitrogens with one attached hydrogen (secondary N) is 4. The molecule has 2 aromatic rings. The van der Waals surface area contributed by atoms with Crippen molar-refractivity contribution in [1.29, 1.82) is 0 Å². The summed E-state index contributed by atoms with van der Waals surface area (Å²) in [5.74, 6) is -4.92. The van der Waals surface area contributed by atoms with Crippen molar-refractivity contribution in [2.45, 2.75) is 69.1 Å². The molecule has 0 saturated carbocycles.